The highest BCUT2D eigenvalue weighted by molar-refractivity contribution is 7.99. The van der Waals surface area contributed by atoms with Gasteiger partial charge < -0.3 is 9.73 Å². The number of nitrogens with zero attached hydrogens (tertiary/aromatic N) is 3. The highest BCUT2D eigenvalue weighted by Crippen LogP contribution is 2.22. The van der Waals surface area contributed by atoms with Crippen LogP contribution < -0.4 is 10.9 Å². The van der Waals surface area contributed by atoms with Crippen LogP contribution in [0.4, 0.5) is 5.69 Å². The second-order valence-corrected chi connectivity index (χ2v) is 7.22. The molecule has 2 N–H and O–H groups in total. The van der Waals surface area contributed by atoms with Crippen LogP contribution in [0.15, 0.2) is 57.0 Å². The number of hydrogen-bond donors (Lipinski definition) is 2. The number of H-pyrrole nitrogens is 1. The summed E-state index contributed by atoms with van der Waals surface area (Å²) in [5, 5.41) is 5.98. The molecule has 28 heavy (non-hydrogen) atoms. The van der Waals surface area contributed by atoms with Gasteiger partial charge in [-0.05, 0) is 37.6 Å². The molecular weight excluding hydrogens is 378 g/mol. The third-order valence-electron chi connectivity index (χ3n) is 4.05. The van der Waals surface area contributed by atoms with Gasteiger partial charge in [-0.25, -0.2) is 9.50 Å². The van der Waals surface area contributed by atoms with Crippen LogP contribution in [0.25, 0.3) is 17.2 Å². The van der Waals surface area contributed by atoms with Crippen LogP contribution in [0.1, 0.15) is 11.1 Å². The Bertz CT molecular complexity index is 1210. The molecule has 0 atom stereocenters. The number of carbonyl (C=O) groups is 1. The molecule has 142 valence electrons. The number of amides is 1. The summed E-state index contributed by atoms with van der Waals surface area (Å²) >= 11 is 1.20. The Balaban J connectivity index is 1.57. The Kier molecular flexibility index (Phi) is 4.74. The van der Waals surface area contributed by atoms with Gasteiger partial charge in [0.05, 0.1) is 12.0 Å². The van der Waals surface area contributed by atoms with Crippen LogP contribution in [-0.2, 0) is 4.79 Å². The molecule has 0 saturated heterocycles. The van der Waals surface area contributed by atoms with Crippen LogP contribution in [0, 0.1) is 13.8 Å². The lowest BCUT2D eigenvalue weighted by Gasteiger charge is -2.09. The van der Waals surface area contributed by atoms with Crippen molar-refractivity contribution >= 4 is 29.0 Å². The Morgan fingerprint density at radius 2 is 2.11 bits per heavy atom. The van der Waals surface area contributed by atoms with E-state index in [9.17, 15) is 9.59 Å². The van der Waals surface area contributed by atoms with E-state index in [1.807, 2.05) is 32.0 Å². The fourth-order valence-corrected chi connectivity index (χ4v) is 3.52. The van der Waals surface area contributed by atoms with Gasteiger partial charge in [-0.2, -0.15) is 4.98 Å². The topological polar surface area (TPSA) is 105 Å². The van der Waals surface area contributed by atoms with Crippen molar-refractivity contribution in [2.45, 2.75) is 19.0 Å². The lowest BCUT2D eigenvalue weighted by atomic mass is 10.1. The van der Waals surface area contributed by atoms with E-state index < -0.39 is 0 Å². The van der Waals surface area contributed by atoms with Gasteiger partial charge in [0, 0.05) is 11.8 Å². The van der Waals surface area contributed by atoms with Crippen molar-refractivity contribution in [3.63, 3.8) is 0 Å². The van der Waals surface area contributed by atoms with Crippen molar-refractivity contribution in [3.05, 3.63) is 64.1 Å². The van der Waals surface area contributed by atoms with Gasteiger partial charge in [0.2, 0.25) is 5.91 Å². The number of aromatic amines is 1. The third kappa shape index (κ3) is 3.70. The zero-order valence-corrected chi connectivity index (χ0v) is 16.0. The minimum atomic E-state index is -0.299. The van der Waals surface area contributed by atoms with Crippen LogP contribution in [0.5, 0.6) is 0 Å². The zero-order valence-electron chi connectivity index (χ0n) is 15.2. The molecule has 3 heterocycles. The normalized spacial score (nSPS) is 11.1. The molecule has 0 unspecified atom stereocenters. The van der Waals surface area contributed by atoms with Gasteiger partial charge >= 0.3 is 0 Å². The van der Waals surface area contributed by atoms with Gasteiger partial charge in [-0.3, -0.25) is 14.7 Å². The summed E-state index contributed by atoms with van der Waals surface area (Å²) in [5.74, 6) is 0.786. The fraction of sp³-hybridized carbons (Fsp3) is 0.158. The van der Waals surface area contributed by atoms with Crippen molar-refractivity contribution in [2.75, 3.05) is 11.1 Å². The number of aryl methyl sites for hydroxylation is 2. The first-order chi connectivity index (χ1) is 13.5. The SMILES string of the molecule is Cc1ccc(NC(=O)CSc2nc(-c3ccco3)nc3cc(=O)[nH]n23)c(C)c1. The van der Waals surface area contributed by atoms with Crippen LogP contribution in [-0.4, -0.2) is 31.2 Å². The number of anilines is 1. The molecule has 0 spiro atoms. The minimum Gasteiger partial charge on any atom is -0.461 e. The fourth-order valence-electron chi connectivity index (χ4n) is 2.77. The molecule has 4 aromatic rings. The van der Waals surface area contributed by atoms with E-state index in [0.29, 0.717) is 22.4 Å². The predicted octanol–water partition coefficient (Wildman–Crippen LogP) is 3.03. The van der Waals surface area contributed by atoms with Gasteiger partial charge in [0.15, 0.2) is 22.4 Å². The largest absolute Gasteiger partial charge is 0.461 e. The smallest absolute Gasteiger partial charge is 0.266 e. The molecule has 0 aliphatic carbocycles. The van der Waals surface area contributed by atoms with E-state index in [4.69, 9.17) is 4.42 Å². The number of aromatic nitrogens is 4. The van der Waals surface area contributed by atoms with Crippen molar-refractivity contribution in [2.24, 2.45) is 0 Å². The summed E-state index contributed by atoms with van der Waals surface area (Å²) in [6.45, 7) is 3.95. The average Bonchev–Trinajstić information content (AvgIpc) is 3.30. The number of hydrogen-bond acceptors (Lipinski definition) is 6. The van der Waals surface area contributed by atoms with Crippen molar-refractivity contribution in [1.82, 2.24) is 19.6 Å². The number of fused-ring (bicyclic) bond motifs is 1. The molecule has 1 aromatic carbocycles. The molecule has 1 amide bonds. The standard InChI is InChI=1S/C19H17N5O3S/c1-11-5-6-13(12(2)8-11)20-17(26)10-28-19-22-18(14-4-3-7-27-14)21-15-9-16(25)23-24(15)19/h3-9H,10H2,1-2H3,(H,20,26)(H,23,25). The van der Waals surface area contributed by atoms with E-state index >= 15 is 0 Å². The molecule has 9 heteroatoms. The zero-order chi connectivity index (χ0) is 19.7. The summed E-state index contributed by atoms with van der Waals surface area (Å²) in [5.41, 5.74) is 3.01. The Labute approximate surface area is 164 Å². The van der Waals surface area contributed by atoms with E-state index in [2.05, 4.69) is 20.4 Å². The van der Waals surface area contributed by atoms with Crippen LogP contribution >= 0.6 is 11.8 Å². The lowest BCUT2D eigenvalue weighted by molar-refractivity contribution is -0.113. The lowest BCUT2D eigenvalue weighted by Crippen LogP contribution is -2.16. The van der Waals surface area contributed by atoms with Gasteiger partial charge in [0.1, 0.15) is 0 Å². The summed E-state index contributed by atoms with van der Waals surface area (Å²) in [7, 11) is 0. The molecule has 0 fully saturated rings. The molecule has 4 rings (SSSR count). The summed E-state index contributed by atoms with van der Waals surface area (Å²) in [6, 6.07) is 10.7. The van der Waals surface area contributed by atoms with Crippen LogP contribution in [0.2, 0.25) is 0 Å². The molecule has 0 aliphatic rings. The van der Waals surface area contributed by atoms with Crippen molar-refractivity contribution in [3.8, 4) is 11.6 Å². The highest BCUT2D eigenvalue weighted by Gasteiger charge is 2.15. The van der Waals surface area contributed by atoms with Crippen molar-refractivity contribution < 1.29 is 9.21 Å². The number of carbonyl (C=O) groups excluding carboxylic acids is 1. The molecule has 0 radical (unpaired) electrons. The van der Waals surface area contributed by atoms with Crippen molar-refractivity contribution in [1.29, 1.82) is 0 Å². The average molecular weight is 395 g/mol. The van der Waals surface area contributed by atoms with E-state index in [1.54, 1.807) is 12.1 Å². The first kappa shape index (κ1) is 18.1. The number of furan rings is 1. The molecular formula is C19H17N5O3S. The molecule has 3 aromatic heterocycles. The monoisotopic (exact) mass is 395 g/mol. The minimum absolute atomic E-state index is 0.122. The number of nitrogens with one attached hydrogen (secondary N) is 2. The summed E-state index contributed by atoms with van der Waals surface area (Å²) in [6.07, 6.45) is 1.52. The number of benzene rings is 1. The van der Waals surface area contributed by atoms with Gasteiger partial charge in [0.25, 0.3) is 5.56 Å². The number of rotatable bonds is 5. The summed E-state index contributed by atoms with van der Waals surface area (Å²) < 4.78 is 6.81. The molecule has 0 saturated carbocycles. The van der Waals surface area contributed by atoms with Gasteiger partial charge in [-0.15, -0.1) is 0 Å². The second kappa shape index (κ2) is 7.35. The van der Waals surface area contributed by atoms with E-state index in [1.165, 1.54) is 28.6 Å². The van der Waals surface area contributed by atoms with E-state index in [-0.39, 0.29) is 17.2 Å². The Morgan fingerprint density at radius 3 is 2.86 bits per heavy atom. The van der Waals surface area contributed by atoms with Gasteiger partial charge in [-0.1, -0.05) is 29.5 Å². The first-order valence-electron chi connectivity index (χ1n) is 8.53. The predicted molar refractivity (Wildman–Crippen MR) is 107 cm³/mol. The maximum absolute atomic E-state index is 12.4. The van der Waals surface area contributed by atoms with Crippen LogP contribution in [0.3, 0.4) is 0 Å². The second-order valence-electron chi connectivity index (χ2n) is 6.28. The first-order valence-corrected chi connectivity index (χ1v) is 9.52. The molecule has 0 bridgehead atoms. The molecule has 0 aliphatic heterocycles. The maximum Gasteiger partial charge on any atom is 0.266 e. The Morgan fingerprint density at radius 1 is 1.25 bits per heavy atom. The third-order valence-corrected chi connectivity index (χ3v) is 4.99. The highest BCUT2D eigenvalue weighted by atomic mass is 32.2. The quantitative estimate of drug-likeness (QED) is 0.503. The molecule has 8 nitrogen and oxygen atoms in total. The summed E-state index contributed by atoms with van der Waals surface area (Å²) in [4.78, 5) is 32.9. The Hall–Kier alpha value is -3.33. The number of thioether (sulfide) groups is 1. The van der Waals surface area contributed by atoms with E-state index in [0.717, 1.165) is 16.8 Å². The maximum atomic E-state index is 12.4.